The molecule has 2 N–H and O–H groups in total. The topological polar surface area (TPSA) is 78.6 Å². The third-order valence-corrected chi connectivity index (χ3v) is 2.52. The SMILES string of the molecule is COC(=O)/C(C)=C(/CCN)CCC(=O)OC(C)(C)C. The van der Waals surface area contributed by atoms with Crippen LogP contribution in [0.1, 0.15) is 47.0 Å². The van der Waals surface area contributed by atoms with Crippen molar-refractivity contribution in [1.82, 2.24) is 0 Å². The van der Waals surface area contributed by atoms with Crippen LogP contribution < -0.4 is 5.73 Å². The predicted molar refractivity (Wildman–Crippen MR) is 73.5 cm³/mol. The molecule has 19 heavy (non-hydrogen) atoms. The number of hydrogen-bond acceptors (Lipinski definition) is 5. The Bertz CT molecular complexity index is 353. The second-order valence-electron chi connectivity index (χ2n) is 5.35. The van der Waals surface area contributed by atoms with Gasteiger partial charge >= 0.3 is 11.9 Å². The molecule has 0 fully saturated rings. The first-order valence-corrected chi connectivity index (χ1v) is 6.40. The van der Waals surface area contributed by atoms with Gasteiger partial charge in [0.05, 0.1) is 7.11 Å². The standard InChI is InChI=1S/C14H25NO4/c1-10(13(17)18-5)11(8-9-15)6-7-12(16)19-14(2,3)4/h6-9,15H2,1-5H3/b11-10+. The largest absolute Gasteiger partial charge is 0.466 e. The lowest BCUT2D eigenvalue weighted by molar-refractivity contribution is -0.154. The molecule has 0 saturated carbocycles. The van der Waals surface area contributed by atoms with Gasteiger partial charge in [0.1, 0.15) is 5.60 Å². The zero-order valence-corrected chi connectivity index (χ0v) is 12.5. The monoisotopic (exact) mass is 271 g/mol. The zero-order valence-electron chi connectivity index (χ0n) is 12.5. The van der Waals surface area contributed by atoms with Crippen molar-refractivity contribution in [1.29, 1.82) is 0 Å². The Labute approximate surface area is 115 Å². The van der Waals surface area contributed by atoms with Crippen LogP contribution in [0.4, 0.5) is 0 Å². The maximum absolute atomic E-state index is 11.6. The summed E-state index contributed by atoms with van der Waals surface area (Å²) in [5.41, 5.74) is 6.39. The zero-order chi connectivity index (χ0) is 15.1. The second-order valence-corrected chi connectivity index (χ2v) is 5.35. The Kier molecular flexibility index (Phi) is 7.37. The summed E-state index contributed by atoms with van der Waals surface area (Å²) >= 11 is 0. The molecule has 0 spiro atoms. The van der Waals surface area contributed by atoms with E-state index in [9.17, 15) is 9.59 Å². The first-order chi connectivity index (χ1) is 8.71. The van der Waals surface area contributed by atoms with Gasteiger partial charge < -0.3 is 15.2 Å². The smallest absolute Gasteiger partial charge is 0.333 e. The first-order valence-electron chi connectivity index (χ1n) is 6.40. The van der Waals surface area contributed by atoms with Crippen LogP contribution in [-0.4, -0.2) is 31.2 Å². The number of carbonyl (C=O) groups is 2. The van der Waals surface area contributed by atoms with Crippen molar-refractivity contribution in [2.75, 3.05) is 13.7 Å². The molecule has 0 unspecified atom stereocenters. The lowest BCUT2D eigenvalue weighted by Gasteiger charge is -2.19. The fraction of sp³-hybridized carbons (Fsp3) is 0.714. The van der Waals surface area contributed by atoms with Gasteiger partial charge in [0, 0.05) is 12.0 Å². The quantitative estimate of drug-likeness (QED) is 0.590. The van der Waals surface area contributed by atoms with Crippen LogP contribution in [0.15, 0.2) is 11.1 Å². The third-order valence-electron chi connectivity index (χ3n) is 2.52. The van der Waals surface area contributed by atoms with E-state index in [-0.39, 0.29) is 18.4 Å². The van der Waals surface area contributed by atoms with Gasteiger partial charge in [-0.2, -0.15) is 0 Å². The van der Waals surface area contributed by atoms with Crippen molar-refractivity contribution in [2.45, 2.75) is 52.6 Å². The molecule has 5 heteroatoms. The fourth-order valence-electron chi connectivity index (χ4n) is 1.62. The Balaban J connectivity index is 4.62. The summed E-state index contributed by atoms with van der Waals surface area (Å²) in [5, 5.41) is 0. The van der Waals surface area contributed by atoms with E-state index in [1.165, 1.54) is 7.11 Å². The third kappa shape index (κ3) is 7.62. The van der Waals surface area contributed by atoms with Crippen molar-refractivity contribution >= 4 is 11.9 Å². The van der Waals surface area contributed by atoms with E-state index in [2.05, 4.69) is 4.74 Å². The van der Waals surface area contributed by atoms with Crippen molar-refractivity contribution in [3.05, 3.63) is 11.1 Å². The highest BCUT2D eigenvalue weighted by Crippen LogP contribution is 2.18. The van der Waals surface area contributed by atoms with Gasteiger partial charge in [0.2, 0.25) is 0 Å². The van der Waals surface area contributed by atoms with E-state index in [4.69, 9.17) is 10.5 Å². The minimum absolute atomic E-state index is 0.237. The average Bonchev–Trinajstić information content (AvgIpc) is 2.30. The summed E-state index contributed by atoms with van der Waals surface area (Å²) in [4.78, 5) is 23.1. The lowest BCUT2D eigenvalue weighted by Crippen LogP contribution is -2.23. The minimum atomic E-state index is -0.494. The van der Waals surface area contributed by atoms with Gasteiger partial charge in [-0.25, -0.2) is 4.79 Å². The molecule has 0 heterocycles. The maximum Gasteiger partial charge on any atom is 0.333 e. The van der Waals surface area contributed by atoms with Crippen LogP contribution in [0.3, 0.4) is 0 Å². The van der Waals surface area contributed by atoms with Gasteiger partial charge in [0.25, 0.3) is 0 Å². The van der Waals surface area contributed by atoms with Crippen LogP contribution in [0.5, 0.6) is 0 Å². The van der Waals surface area contributed by atoms with Gasteiger partial charge in [0.15, 0.2) is 0 Å². The summed E-state index contributed by atoms with van der Waals surface area (Å²) < 4.78 is 9.90. The molecule has 0 aliphatic carbocycles. The van der Waals surface area contributed by atoms with Crippen LogP contribution in [0.25, 0.3) is 0 Å². The molecule has 0 aliphatic heterocycles. The molecule has 0 aromatic heterocycles. The minimum Gasteiger partial charge on any atom is -0.466 e. The fourth-order valence-corrected chi connectivity index (χ4v) is 1.62. The number of rotatable bonds is 6. The van der Waals surface area contributed by atoms with Gasteiger partial charge in [-0.1, -0.05) is 5.57 Å². The molecule has 0 aromatic rings. The highest BCUT2D eigenvalue weighted by atomic mass is 16.6. The van der Waals surface area contributed by atoms with E-state index >= 15 is 0 Å². The molecular weight excluding hydrogens is 246 g/mol. The van der Waals surface area contributed by atoms with Gasteiger partial charge in [-0.15, -0.1) is 0 Å². The van der Waals surface area contributed by atoms with Crippen molar-refractivity contribution in [2.24, 2.45) is 5.73 Å². The first kappa shape index (κ1) is 17.6. The van der Waals surface area contributed by atoms with Crippen LogP contribution in [-0.2, 0) is 19.1 Å². The van der Waals surface area contributed by atoms with E-state index in [1.807, 2.05) is 20.8 Å². The number of methoxy groups -OCH3 is 1. The summed E-state index contributed by atoms with van der Waals surface area (Å²) in [6.07, 6.45) is 1.28. The highest BCUT2D eigenvalue weighted by Gasteiger charge is 2.17. The number of hydrogen-bond donors (Lipinski definition) is 1. The molecule has 110 valence electrons. The van der Waals surface area contributed by atoms with Crippen LogP contribution >= 0.6 is 0 Å². The Morgan fingerprint density at radius 3 is 2.11 bits per heavy atom. The van der Waals surface area contributed by atoms with E-state index in [0.29, 0.717) is 25.0 Å². The molecule has 0 saturated heterocycles. The molecule has 0 bridgehead atoms. The molecule has 5 nitrogen and oxygen atoms in total. The van der Waals surface area contributed by atoms with E-state index in [1.54, 1.807) is 6.92 Å². The second kappa shape index (κ2) is 7.94. The number of esters is 2. The molecule has 0 radical (unpaired) electrons. The summed E-state index contributed by atoms with van der Waals surface area (Å²) in [6, 6.07) is 0. The summed E-state index contributed by atoms with van der Waals surface area (Å²) in [5.74, 6) is -0.660. The molecule has 0 aliphatic rings. The van der Waals surface area contributed by atoms with Gasteiger partial charge in [-0.05, 0) is 47.1 Å². The van der Waals surface area contributed by atoms with Gasteiger partial charge in [-0.3, -0.25) is 4.79 Å². The number of carbonyl (C=O) groups excluding carboxylic acids is 2. The van der Waals surface area contributed by atoms with Crippen molar-refractivity contribution < 1.29 is 19.1 Å². The van der Waals surface area contributed by atoms with E-state index < -0.39 is 5.60 Å². The predicted octanol–water partition coefficient (Wildman–Crippen LogP) is 1.95. The molecule has 0 amide bonds. The molecule has 0 atom stereocenters. The molecule has 0 rings (SSSR count). The number of nitrogens with two attached hydrogens (primary N) is 1. The maximum atomic E-state index is 11.6. The van der Waals surface area contributed by atoms with Crippen LogP contribution in [0, 0.1) is 0 Å². The average molecular weight is 271 g/mol. The Hall–Kier alpha value is -1.36. The Morgan fingerprint density at radius 1 is 1.11 bits per heavy atom. The van der Waals surface area contributed by atoms with Crippen molar-refractivity contribution in [3.63, 3.8) is 0 Å². The lowest BCUT2D eigenvalue weighted by atomic mass is 10.0. The molecular formula is C14H25NO4. The van der Waals surface area contributed by atoms with Crippen LogP contribution in [0.2, 0.25) is 0 Å². The normalized spacial score (nSPS) is 12.7. The number of ether oxygens (including phenoxy) is 2. The Morgan fingerprint density at radius 2 is 1.68 bits per heavy atom. The summed E-state index contributed by atoms with van der Waals surface area (Å²) in [7, 11) is 1.33. The van der Waals surface area contributed by atoms with E-state index in [0.717, 1.165) is 5.57 Å². The summed E-state index contributed by atoms with van der Waals surface area (Å²) in [6.45, 7) is 7.58. The molecule has 0 aromatic carbocycles. The van der Waals surface area contributed by atoms with Crippen molar-refractivity contribution in [3.8, 4) is 0 Å². The highest BCUT2D eigenvalue weighted by molar-refractivity contribution is 5.88.